The summed E-state index contributed by atoms with van der Waals surface area (Å²) in [5.41, 5.74) is 4.66. The van der Waals surface area contributed by atoms with E-state index in [0.717, 1.165) is 32.2 Å². The Labute approximate surface area is 135 Å². The fraction of sp³-hybridized carbons (Fsp3) is 0.700. The molecule has 0 radical (unpaired) electrons. The van der Waals surface area contributed by atoms with Crippen molar-refractivity contribution in [2.75, 3.05) is 32.8 Å². The maximum absolute atomic E-state index is 5.42. The average molecular weight is 301 g/mol. The summed E-state index contributed by atoms with van der Waals surface area (Å²) < 4.78 is 5.42. The van der Waals surface area contributed by atoms with E-state index in [1.54, 1.807) is 11.1 Å². The third-order valence-electron chi connectivity index (χ3n) is 5.47. The summed E-state index contributed by atoms with van der Waals surface area (Å²) in [7, 11) is 0. The van der Waals surface area contributed by atoms with E-state index < -0.39 is 0 Å². The van der Waals surface area contributed by atoms with Crippen molar-refractivity contribution >= 4 is 0 Å². The highest BCUT2D eigenvalue weighted by Crippen LogP contribution is 2.33. The van der Waals surface area contributed by atoms with Crippen LogP contribution >= 0.6 is 0 Å². The Morgan fingerprint density at radius 2 is 1.86 bits per heavy atom. The fourth-order valence-electron chi connectivity index (χ4n) is 3.97. The maximum Gasteiger partial charge on any atom is 0.0594 e. The minimum Gasteiger partial charge on any atom is -0.379 e. The molecule has 0 bridgehead atoms. The first-order valence-corrected chi connectivity index (χ1v) is 9.22. The predicted octanol–water partition coefficient (Wildman–Crippen LogP) is 4.31. The Kier molecular flexibility index (Phi) is 5.91. The van der Waals surface area contributed by atoms with E-state index in [0.29, 0.717) is 0 Å². The molecule has 22 heavy (non-hydrogen) atoms. The summed E-state index contributed by atoms with van der Waals surface area (Å²) in [5, 5.41) is 0. The van der Waals surface area contributed by atoms with Crippen LogP contribution in [0, 0.1) is 6.92 Å². The van der Waals surface area contributed by atoms with E-state index in [1.165, 1.54) is 57.1 Å². The summed E-state index contributed by atoms with van der Waals surface area (Å²) in [6, 6.07) is 7.26. The minimum atomic E-state index is 0.826. The van der Waals surface area contributed by atoms with Gasteiger partial charge in [0.15, 0.2) is 0 Å². The average Bonchev–Trinajstić information content (AvgIpc) is 2.58. The third-order valence-corrected chi connectivity index (χ3v) is 5.47. The largest absolute Gasteiger partial charge is 0.379 e. The van der Waals surface area contributed by atoms with E-state index >= 15 is 0 Å². The van der Waals surface area contributed by atoms with Gasteiger partial charge in [-0.3, -0.25) is 4.90 Å². The first-order chi connectivity index (χ1) is 10.8. The van der Waals surface area contributed by atoms with Crippen LogP contribution in [0.4, 0.5) is 0 Å². The topological polar surface area (TPSA) is 12.5 Å². The summed E-state index contributed by atoms with van der Waals surface area (Å²) in [6.45, 7) is 7.54. The van der Waals surface area contributed by atoms with Gasteiger partial charge < -0.3 is 4.74 Å². The molecule has 2 nitrogen and oxygen atoms in total. The molecule has 0 spiro atoms. The van der Waals surface area contributed by atoms with Gasteiger partial charge in [0.05, 0.1) is 13.2 Å². The number of hydrogen-bond acceptors (Lipinski definition) is 2. The van der Waals surface area contributed by atoms with E-state index in [2.05, 4.69) is 30.0 Å². The normalized spacial score (nSPS) is 21.1. The lowest BCUT2D eigenvalue weighted by Gasteiger charge is -2.26. The highest BCUT2D eigenvalue weighted by Gasteiger charge is 2.16. The highest BCUT2D eigenvalue weighted by molar-refractivity contribution is 5.33. The monoisotopic (exact) mass is 301 g/mol. The van der Waals surface area contributed by atoms with Crippen molar-refractivity contribution in [3.63, 3.8) is 0 Å². The molecule has 1 saturated carbocycles. The molecule has 2 fully saturated rings. The molecule has 3 rings (SSSR count). The van der Waals surface area contributed by atoms with Crippen molar-refractivity contribution in [1.29, 1.82) is 0 Å². The smallest absolute Gasteiger partial charge is 0.0594 e. The zero-order chi connectivity index (χ0) is 15.2. The van der Waals surface area contributed by atoms with Crippen molar-refractivity contribution in [1.82, 2.24) is 4.90 Å². The number of hydrogen-bond donors (Lipinski definition) is 0. The van der Waals surface area contributed by atoms with Gasteiger partial charge in [-0.2, -0.15) is 0 Å². The van der Waals surface area contributed by atoms with E-state index in [4.69, 9.17) is 4.74 Å². The van der Waals surface area contributed by atoms with Crippen molar-refractivity contribution < 1.29 is 4.74 Å². The molecule has 0 N–H and O–H groups in total. The predicted molar refractivity (Wildman–Crippen MR) is 92.6 cm³/mol. The zero-order valence-electron chi connectivity index (χ0n) is 14.2. The highest BCUT2D eigenvalue weighted by atomic mass is 16.5. The van der Waals surface area contributed by atoms with Crippen LogP contribution in [0.2, 0.25) is 0 Å². The molecule has 0 amide bonds. The Morgan fingerprint density at radius 1 is 1.09 bits per heavy atom. The Hall–Kier alpha value is -0.860. The molecular weight excluding hydrogens is 270 g/mol. The second-order valence-corrected chi connectivity index (χ2v) is 7.08. The van der Waals surface area contributed by atoms with Crippen molar-refractivity contribution in [3.8, 4) is 0 Å². The van der Waals surface area contributed by atoms with Crippen molar-refractivity contribution in [2.45, 2.75) is 57.8 Å². The Morgan fingerprint density at radius 3 is 2.64 bits per heavy atom. The van der Waals surface area contributed by atoms with Crippen LogP contribution in [0.25, 0.3) is 0 Å². The quantitative estimate of drug-likeness (QED) is 0.803. The molecule has 1 aromatic carbocycles. The van der Waals surface area contributed by atoms with Gasteiger partial charge in [0.25, 0.3) is 0 Å². The van der Waals surface area contributed by atoms with Gasteiger partial charge >= 0.3 is 0 Å². The summed E-state index contributed by atoms with van der Waals surface area (Å²) >= 11 is 0. The zero-order valence-corrected chi connectivity index (χ0v) is 14.2. The molecule has 2 heteroatoms. The standard InChI is InChI=1S/C20H31NO/c1-17-9-10-20(18-6-3-2-4-7-18)16-19(17)8-5-11-21-12-14-22-15-13-21/h9-10,16,18H,2-8,11-15H2,1H3. The molecule has 1 heterocycles. The number of rotatable bonds is 5. The maximum atomic E-state index is 5.42. The first kappa shape index (κ1) is 16.0. The number of benzene rings is 1. The molecule has 1 aromatic rings. The van der Waals surface area contributed by atoms with Gasteiger partial charge in [0.1, 0.15) is 0 Å². The lowest BCUT2D eigenvalue weighted by atomic mass is 9.83. The van der Waals surface area contributed by atoms with Crippen LogP contribution in [-0.2, 0) is 11.2 Å². The molecule has 0 atom stereocenters. The lowest BCUT2D eigenvalue weighted by molar-refractivity contribution is 0.0374. The van der Waals surface area contributed by atoms with Crippen molar-refractivity contribution in [2.24, 2.45) is 0 Å². The lowest BCUT2D eigenvalue weighted by Crippen LogP contribution is -2.36. The van der Waals surface area contributed by atoms with Gasteiger partial charge in [-0.15, -0.1) is 0 Å². The number of aryl methyl sites for hydroxylation is 2. The van der Waals surface area contributed by atoms with Gasteiger partial charge in [-0.1, -0.05) is 37.5 Å². The summed E-state index contributed by atoms with van der Waals surface area (Å²) in [5.74, 6) is 0.826. The summed E-state index contributed by atoms with van der Waals surface area (Å²) in [4.78, 5) is 2.55. The Bertz CT molecular complexity index is 459. The second kappa shape index (κ2) is 8.12. The molecule has 2 aliphatic rings. The minimum absolute atomic E-state index is 0.826. The molecule has 1 saturated heterocycles. The number of nitrogens with zero attached hydrogens (tertiary/aromatic N) is 1. The van der Waals surface area contributed by atoms with Crippen LogP contribution in [0.15, 0.2) is 18.2 Å². The molecule has 0 aromatic heterocycles. The third kappa shape index (κ3) is 4.33. The van der Waals surface area contributed by atoms with Crippen LogP contribution in [0.5, 0.6) is 0 Å². The first-order valence-electron chi connectivity index (χ1n) is 9.22. The van der Waals surface area contributed by atoms with Gasteiger partial charge in [-0.25, -0.2) is 0 Å². The molecule has 1 aliphatic carbocycles. The molecule has 122 valence electrons. The van der Waals surface area contributed by atoms with Crippen LogP contribution < -0.4 is 0 Å². The number of ether oxygens (including phenoxy) is 1. The van der Waals surface area contributed by atoms with Gasteiger partial charge in [-0.05, 0) is 61.8 Å². The van der Waals surface area contributed by atoms with Crippen LogP contribution in [0.3, 0.4) is 0 Å². The van der Waals surface area contributed by atoms with Crippen LogP contribution in [-0.4, -0.2) is 37.7 Å². The molecular formula is C20H31NO. The Balaban J connectivity index is 1.55. The van der Waals surface area contributed by atoms with E-state index in [1.807, 2.05) is 0 Å². The molecule has 0 unspecified atom stereocenters. The van der Waals surface area contributed by atoms with Crippen LogP contribution in [0.1, 0.15) is 61.1 Å². The number of morpholine rings is 1. The molecule has 1 aliphatic heterocycles. The van der Waals surface area contributed by atoms with E-state index in [-0.39, 0.29) is 0 Å². The summed E-state index contributed by atoms with van der Waals surface area (Å²) in [6.07, 6.45) is 9.58. The van der Waals surface area contributed by atoms with E-state index in [9.17, 15) is 0 Å². The van der Waals surface area contributed by atoms with Gasteiger partial charge in [0, 0.05) is 13.1 Å². The SMILES string of the molecule is Cc1ccc(C2CCCCC2)cc1CCCN1CCOCC1. The second-order valence-electron chi connectivity index (χ2n) is 7.08. The van der Waals surface area contributed by atoms with Crippen molar-refractivity contribution in [3.05, 3.63) is 34.9 Å². The fourth-order valence-corrected chi connectivity index (χ4v) is 3.97. The van der Waals surface area contributed by atoms with Gasteiger partial charge in [0.2, 0.25) is 0 Å².